The Morgan fingerprint density at radius 3 is 2.52 bits per heavy atom. The van der Waals surface area contributed by atoms with Gasteiger partial charge in [0.2, 0.25) is 0 Å². The van der Waals surface area contributed by atoms with Crippen LogP contribution in [-0.2, 0) is 6.54 Å². The minimum atomic E-state index is 0.0734. The molecule has 1 fully saturated rings. The Hall–Kier alpha value is -2.13. The van der Waals surface area contributed by atoms with Crippen molar-refractivity contribution in [3.8, 4) is 11.1 Å². The van der Waals surface area contributed by atoms with Gasteiger partial charge in [0.25, 0.3) is 0 Å². The molecule has 5 rings (SSSR count). The molecule has 2 aliphatic rings. The van der Waals surface area contributed by atoms with Crippen molar-refractivity contribution in [2.75, 3.05) is 13.1 Å². The Kier molecular flexibility index (Phi) is 4.95. The number of piperidine rings is 1. The van der Waals surface area contributed by atoms with Gasteiger partial charge in [-0.05, 0) is 41.8 Å². The van der Waals surface area contributed by atoms with E-state index in [2.05, 4.69) is 35.2 Å². The summed E-state index contributed by atoms with van der Waals surface area (Å²) in [4.78, 5) is 15.9. The van der Waals surface area contributed by atoms with Gasteiger partial charge in [-0.15, -0.1) is 0 Å². The van der Waals surface area contributed by atoms with Gasteiger partial charge < -0.3 is 0 Å². The number of carbonyl (C=O) groups is 1. The lowest BCUT2D eigenvalue weighted by atomic mass is 9.85. The fourth-order valence-corrected chi connectivity index (χ4v) is 5.42. The molecule has 1 saturated heterocycles. The van der Waals surface area contributed by atoms with E-state index in [4.69, 9.17) is 23.2 Å². The number of ketones is 1. The van der Waals surface area contributed by atoms with Crippen LogP contribution in [0.15, 0.2) is 66.7 Å². The molecule has 0 N–H and O–H groups in total. The van der Waals surface area contributed by atoms with Gasteiger partial charge in [0.05, 0.1) is 0 Å². The number of rotatable bonds is 3. The summed E-state index contributed by atoms with van der Waals surface area (Å²) in [6.45, 7) is 2.79. The highest BCUT2D eigenvalue weighted by molar-refractivity contribution is 6.36. The van der Waals surface area contributed by atoms with Gasteiger partial charge >= 0.3 is 0 Å². The molecular weight excluding hydrogens is 401 g/mol. The molecule has 3 aromatic carbocycles. The van der Waals surface area contributed by atoms with Crippen LogP contribution in [0.2, 0.25) is 10.0 Å². The molecule has 3 aromatic rings. The second-order valence-electron chi connectivity index (χ2n) is 7.98. The molecule has 146 valence electrons. The van der Waals surface area contributed by atoms with Crippen LogP contribution in [0.25, 0.3) is 11.1 Å². The third-order valence-corrected chi connectivity index (χ3v) is 6.79. The van der Waals surface area contributed by atoms with Gasteiger partial charge in [-0.3, -0.25) is 9.69 Å². The molecule has 0 bridgehead atoms. The zero-order chi connectivity index (χ0) is 20.0. The van der Waals surface area contributed by atoms with E-state index in [-0.39, 0.29) is 17.6 Å². The smallest absolute Gasteiger partial charge is 0.167 e. The first-order valence-electron chi connectivity index (χ1n) is 10.0. The molecule has 2 nitrogen and oxygen atoms in total. The van der Waals surface area contributed by atoms with E-state index in [1.807, 2.05) is 30.3 Å². The van der Waals surface area contributed by atoms with E-state index in [0.29, 0.717) is 10.0 Å². The van der Waals surface area contributed by atoms with Crippen molar-refractivity contribution in [1.82, 2.24) is 4.90 Å². The van der Waals surface area contributed by atoms with E-state index >= 15 is 0 Å². The number of carbonyl (C=O) groups excluding carboxylic acids is 1. The molecule has 1 aliphatic carbocycles. The van der Waals surface area contributed by atoms with Crippen molar-refractivity contribution in [2.24, 2.45) is 5.92 Å². The highest BCUT2D eigenvalue weighted by Gasteiger charge is 2.44. The maximum atomic E-state index is 13.4. The summed E-state index contributed by atoms with van der Waals surface area (Å²) in [6.07, 6.45) is 0.902. The number of hydrogen-bond donors (Lipinski definition) is 0. The molecule has 0 unspecified atom stereocenters. The summed E-state index contributed by atoms with van der Waals surface area (Å²) in [7, 11) is 0. The lowest BCUT2D eigenvalue weighted by Gasteiger charge is -2.34. The van der Waals surface area contributed by atoms with E-state index in [1.165, 1.54) is 11.1 Å². The molecule has 2 atom stereocenters. The topological polar surface area (TPSA) is 20.3 Å². The fraction of sp³-hybridized carbons (Fsp3) is 0.240. The fourth-order valence-electron chi connectivity index (χ4n) is 4.91. The van der Waals surface area contributed by atoms with Crippen molar-refractivity contribution in [1.29, 1.82) is 0 Å². The average molecular weight is 422 g/mol. The van der Waals surface area contributed by atoms with Crippen molar-refractivity contribution in [3.05, 3.63) is 93.5 Å². The SMILES string of the molecule is O=C1c2c(-c3ccc(Cl)cc3Cl)cccc2[C@@H]2CN(Cc3ccccc3)CC[C@H]12. The van der Waals surface area contributed by atoms with Crippen molar-refractivity contribution < 1.29 is 4.79 Å². The first-order valence-corrected chi connectivity index (χ1v) is 10.8. The molecule has 4 heteroatoms. The molecule has 0 saturated carbocycles. The molecule has 0 spiro atoms. The van der Waals surface area contributed by atoms with E-state index in [1.54, 1.807) is 6.07 Å². The maximum Gasteiger partial charge on any atom is 0.167 e. The van der Waals surface area contributed by atoms with Crippen molar-refractivity contribution in [2.45, 2.75) is 18.9 Å². The standard InChI is InChI=1S/C25H21Cl2NO/c26-17-9-10-18(23(27)13-17)19-7-4-8-20-22-15-28(14-16-5-2-1-3-6-16)12-11-21(22)25(29)24(19)20/h1-10,13,21-22H,11-12,14-15H2/t21-,22-/m0/s1. The first-order chi connectivity index (χ1) is 14.1. The Bertz CT molecular complexity index is 1080. The number of fused-ring (bicyclic) bond motifs is 3. The summed E-state index contributed by atoms with van der Waals surface area (Å²) in [6, 6.07) is 22.2. The number of hydrogen-bond acceptors (Lipinski definition) is 2. The predicted octanol–water partition coefficient (Wildman–Crippen LogP) is 6.46. The van der Waals surface area contributed by atoms with Gasteiger partial charge in [-0.1, -0.05) is 77.8 Å². The van der Waals surface area contributed by atoms with Crippen LogP contribution in [0.1, 0.15) is 33.8 Å². The molecular formula is C25H21Cl2NO. The average Bonchev–Trinajstić information content (AvgIpc) is 3.01. The third-order valence-electron chi connectivity index (χ3n) is 6.25. The van der Waals surface area contributed by atoms with Crippen LogP contribution < -0.4 is 0 Å². The summed E-state index contributed by atoms with van der Waals surface area (Å²) in [5.41, 5.74) is 5.14. The van der Waals surface area contributed by atoms with Crippen LogP contribution in [0.5, 0.6) is 0 Å². The largest absolute Gasteiger partial charge is 0.298 e. The molecule has 0 radical (unpaired) electrons. The highest BCUT2D eigenvalue weighted by Crippen LogP contribution is 2.47. The highest BCUT2D eigenvalue weighted by atomic mass is 35.5. The van der Waals surface area contributed by atoms with Gasteiger partial charge in [0, 0.05) is 46.1 Å². The molecule has 1 heterocycles. The van der Waals surface area contributed by atoms with Crippen LogP contribution >= 0.6 is 23.2 Å². The number of Topliss-reactive ketones (excluding diaryl/α,β-unsaturated/α-hetero) is 1. The molecule has 1 aliphatic heterocycles. The van der Waals surface area contributed by atoms with Gasteiger partial charge in [0.1, 0.15) is 0 Å². The van der Waals surface area contributed by atoms with E-state index in [0.717, 1.165) is 42.7 Å². The minimum absolute atomic E-state index is 0.0734. The number of benzene rings is 3. The van der Waals surface area contributed by atoms with E-state index in [9.17, 15) is 4.79 Å². The lowest BCUT2D eigenvalue weighted by molar-refractivity contribution is 0.0835. The molecule has 0 aromatic heterocycles. The second-order valence-corrected chi connectivity index (χ2v) is 8.82. The Morgan fingerprint density at radius 1 is 0.897 bits per heavy atom. The van der Waals surface area contributed by atoms with Crippen LogP contribution in [0, 0.1) is 5.92 Å². The van der Waals surface area contributed by atoms with Gasteiger partial charge in [-0.25, -0.2) is 0 Å². The van der Waals surface area contributed by atoms with Crippen LogP contribution in [-0.4, -0.2) is 23.8 Å². The van der Waals surface area contributed by atoms with Crippen molar-refractivity contribution in [3.63, 3.8) is 0 Å². The Morgan fingerprint density at radius 2 is 1.72 bits per heavy atom. The Balaban J connectivity index is 1.49. The third kappa shape index (κ3) is 3.40. The molecule has 0 amide bonds. The molecule has 29 heavy (non-hydrogen) atoms. The van der Waals surface area contributed by atoms with Crippen molar-refractivity contribution >= 4 is 29.0 Å². The van der Waals surface area contributed by atoms with Gasteiger partial charge in [0.15, 0.2) is 5.78 Å². The Labute approximate surface area is 181 Å². The summed E-state index contributed by atoms with van der Waals surface area (Å²) < 4.78 is 0. The summed E-state index contributed by atoms with van der Waals surface area (Å²) >= 11 is 12.6. The summed E-state index contributed by atoms with van der Waals surface area (Å²) in [5, 5.41) is 1.18. The summed E-state index contributed by atoms with van der Waals surface area (Å²) in [5.74, 6) is 0.594. The second kappa shape index (κ2) is 7.60. The first kappa shape index (κ1) is 18.9. The lowest BCUT2D eigenvalue weighted by Crippen LogP contribution is -2.38. The predicted molar refractivity (Wildman–Crippen MR) is 119 cm³/mol. The van der Waals surface area contributed by atoms with E-state index < -0.39 is 0 Å². The van der Waals surface area contributed by atoms with Crippen LogP contribution in [0.3, 0.4) is 0 Å². The number of halogens is 2. The zero-order valence-electron chi connectivity index (χ0n) is 15.9. The zero-order valence-corrected chi connectivity index (χ0v) is 17.5. The number of likely N-dealkylation sites (tertiary alicyclic amines) is 1. The van der Waals surface area contributed by atoms with Gasteiger partial charge in [-0.2, -0.15) is 0 Å². The normalized spacial score (nSPS) is 21.1. The minimum Gasteiger partial charge on any atom is -0.298 e. The maximum absolute atomic E-state index is 13.4. The van der Waals surface area contributed by atoms with Crippen LogP contribution in [0.4, 0.5) is 0 Å². The monoisotopic (exact) mass is 421 g/mol. The number of nitrogens with zero attached hydrogens (tertiary/aromatic N) is 1. The quantitative estimate of drug-likeness (QED) is 0.483.